The third-order valence-electron chi connectivity index (χ3n) is 2.17. The molecule has 15 heavy (non-hydrogen) atoms. The normalized spacial score (nSPS) is 12.8. The first kappa shape index (κ1) is 12.6. The van der Waals surface area contributed by atoms with Gasteiger partial charge in [-0.05, 0) is 37.7 Å². The summed E-state index contributed by atoms with van der Waals surface area (Å²) in [6.45, 7) is 3.13. The fourth-order valence-corrected chi connectivity index (χ4v) is 1.87. The average molecular weight is 276 g/mol. The van der Waals surface area contributed by atoms with Crippen molar-refractivity contribution in [2.45, 2.75) is 13.0 Å². The van der Waals surface area contributed by atoms with Crippen LogP contribution in [0.25, 0.3) is 0 Å². The van der Waals surface area contributed by atoms with E-state index in [4.69, 9.17) is 4.74 Å². The van der Waals surface area contributed by atoms with Gasteiger partial charge in [0.15, 0.2) is 0 Å². The second kappa shape index (κ2) is 6.20. The first-order valence-electron chi connectivity index (χ1n) is 4.89. The number of rotatable bonds is 5. The molecule has 1 rings (SSSR count). The van der Waals surface area contributed by atoms with Crippen molar-refractivity contribution < 1.29 is 9.13 Å². The minimum atomic E-state index is -0.232. The summed E-state index contributed by atoms with van der Waals surface area (Å²) in [7, 11) is 1.83. The molecule has 0 spiro atoms. The van der Waals surface area contributed by atoms with Crippen molar-refractivity contribution in [1.29, 1.82) is 0 Å². The molecule has 2 nitrogen and oxygen atoms in total. The van der Waals surface area contributed by atoms with Crippen LogP contribution in [0.4, 0.5) is 4.39 Å². The summed E-state index contributed by atoms with van der Waals surface area (Å²) in [5.74, 6) is -0.232. The molecule has 0 aromatic heterocycles. The molecule has 1 aromatic carbocycles. The van der Waals surface area contributed by atoms with Crippen LogP contribution in [0.3, 0.4) is 0 Å². The molecule has 0 saturated carbocycles. The molecule has 0 amide bonds. The van der Waals surface area contributed by atoms with Gasteiger partial charge in [0.2, 0.25) is 0 Å². The third-order valence-corrected chi connectivity index (χ3v) is 2.89. The van der Waals surface area contributed by atoms with Crippen LogP contribution in [-0.4, -0.2) is 20.3 Å². The van der Waals surface area contributed by atoms with Gasteiger partial charge in [-0.3, -0.25) is 0 Å². The zero-order valence-electron chi connectivity index (χ0n) is 8.89. The first-order chi connectivity index (χ1) is 7.19. The predicted octanol–water partition coefficient (Wildman–Crippen LogP) is 2.89. The largest absolute Gasteiger partial charge is 0.380 e. The average Bonchev–Trinajstić information content (AvgIpc) is 2.24. The molecule has 1 atom stereocenters. The Kier molecular flexibility index (Phi) is 5.22. The monoisotopic (exact) mass is 275 g/mol. The third kappa shape index (κ3) is 3.55. The zero-order valence-corrected chi connectivity index (χ0v) is 10.5. The number of likely N-dealkylation sites (N-methyl/N-ethyl adjacent to an activating group) is 1. The highest BCUT2D eigenvalue weighted by atomic mass is 79.9. The minimum Gasteiger partial charge on any atom is -0.380 e. The molecule has 0 radical (unpaired) electrons. The van der Waals surface area contributed by atoms with Gasteiger partial charge in [-0.25, -0.2) is 4.39 Å². The standard InChI is InChI=1S/C11H15BrFNO/c1-3-15-7-11(14-2)9-6-8(13)4-5-10(9)12/h4-6,11,14H,3,7H2,1-2H3. The van der Waals surface area contributed by atoms with Gasteiger partial charge in [-0.15, -0.1) is 0 Å². The number of nitrogens with one attached hydrogen (secondary N) is 1. The molecule has 1 N–H and O–H groups in total. The van der Waals surface area contributed by atoms with Crippen molar-refractivity contribution in [1.82, 2.24) is 5.32 Å². The molecule has 0 saturated heterocycles. The lowest BCUT2D eigenvalue weighted by atomic mass is 10.1. The summed E-state index contributed by atoms with van der Waals surface area (Å²) in [6, 6.07) is 4.67. The summed E-state index contributed by atoms with van der Waals surface area (Å²) in [5.41, 5.74) is 0.881. The van der Waals surface area contributed by atoms with E-state index in [0.717, 1.165) is 10.0 Å². The quantitative estimate of drug-likeness (QED) is 0.892. The van der Waals surface area contributed by atoms with E-state index in [0.29, 0.717) is 13.2 Å². The molecule has 1 aromatic rings. The second-order valence-electron chi connectivity index (χ2n) is 3.17. The Hall–Kier alpha value is -0.450. The Bertz CT molecular complexity index is 319. The summed E-state index contributed by atoms with van der Waals surface area (Å²) < 4.78 is 19.3. The highest BCUT2D eigenvalue weighted by Gasteiger charge is 2.13. The van der Waals surface area contributed by atoms with E-state index in [1.807, 2.05) is 14.0 Å². The highest BCUT2D eigenvalue weighted by Crippen LogP contribution is 2.24. The van der Waals surface area contributed by atoms with Crippen molar-refractivity contribution in [2.24, 2.45) is 0 Å². The van der Waals surface area contributed by atoms with Crippen molar-refractivity contribution in [3.8, 4) is 0 Å². The van der Waals surface area contributed by atoms with Crippen LogP contribution in [0.1, 0.15) is 18.5 Å². The van der Waals surface area contributed by atoms with Gasteiger partial charge in [0.25, 0.3) is 0 Å². The van der Waals surface area contributed by atoms with E-state index in [1.165, 1.54) is 12.1 Å². The summed E-state index contributed by atoms with van der Waals surface area (Å²) in [6.07, 6.45) is 0. The fourth-order valence-electron chi connectivity index (χ4n) is 1.35. The lowest BCUT2D eigenvalue weighted by molar-refractivity contribution is 0.125. The van der Waals surface area contributed by atoms with Gasteiger partial charge in [0, 0.05) is 11.1 Å². The summed E-state index contributed by atoms with van der Waals surface area (Å²) in [5, 5.41) is 3.10. The van der Waals surface area contributed by atoms with Gasteiger partial charge in [0.05, 0.1) is 12.6 Å². The predicted molar refractivity (Wildman–Crippen MR) is 62.4 cm³/mol. The Morgan fingerprint density at radius 3 is 2.87 bits per heavy atom. The Morgan fingerprint density at radius 1 is 1.53 bits per heavy atom. The molecule has 0 aliphatic rings. The molecule has 4 heteroatoms. The van der Waals surface area contributed by atoms with Gasteiger partial charge in [-0.2, -0.15) is 0 Å². The molecule has 0 bridgehead atoms. The molecular formula is C11H15BrFNO. The maximum absolute atomic E-state index is 13.1. The van der Waals surface area contributed by atoms with Crippen LogP contribution >= 0.6 is 15.9 Å². The van der Waals surface area contributed by atoms with Crippen LogP contribution in [0.15, 0.2) is 22.7 Å². The zero-order chi connectivity index (χ0) is 11.3. The lowest BCUT2D eigenvalue weighted by Gasteiger charge is -2.17. The van der Waals surface area contributed by atoms with Crippen molar-refractivity contribution in [3.05, 3.63) is 34.1 Å². The molecule has 84 valence electrons. The Labute approximate surface area is 98.0 Å². The fraction of sp³-hybridized carbons (Fsp3) is 0.455. The van der Waals surface area contributed by atoms with E-state index in [1.54, 1.807) is 6.07 Å². The molecule has 1 unspecified atom stereocenters. The topological polar surface area (TPSA) is 21.3 Å². The number of benzene rings is 1. The van der Waals surface area contributed by atoms with Crippen LogP contribution in [-0.2, 0) is 4.74 Å². The first-order valence-corrected chi connectivity index (χ1v) is 5.68. The Balaban J connectivity index is 2.85. The molecule has 0 aliphatic heterocycles. The minimum absolute atomic E-state index is 0.00928. The lowest BCUT2D eigenvalue weighted by Crippen LogP contribution is -2.22. The maximum atomic E-state index is 13.1. The Morgan fingerprint density at radius 2 is 2.27 bits per heavy atom. The molecule has 0 heterocycles. The number of hydrogen-bond donors (Lipinski definition) is 1. The maximum Gasteiger partial charge on any atom is 0.123 e. The van der Waals surface area contributed by atoms with E-state index in [9.17, 15) is 4.39 Å². The number of halogens is 2. The molecule has 0 fully saturated rings. The van der Waals surface area contributed by atoms with Gasteiger partial charge in [-0.1, -0.05) is 15.9 Å². The smallest absolute Gasteiger partial charge is 0.123 e. The van der Waals surface area contributed by atoms with Crippen molar-refractivity contribution >= 4 is 15.9 Å². The molecule has 0 aliphatic carbocycles. The number of ether oxygens (including phenoxy) is 1. The summed E-state index contributed by atoms with van der Waals surface area (Å²) >= 11 is 3.40. The van der Waals surface area contributed by atoms with Crippen LogP contribution in [0.2, 0.25) is 0 Å². The van der Waals surface area contributed by atoms with Crippen molar-refractivity contribution in [3.63, 3.8) is 0 Å². The van der Waals surface area contributed by atoms with Gasteiger partial charge < -0.3 is 10.1 Å². The van der Waals surface area contributed by atoms with Crippen LogP contribution < -0.4 is 5.32 Å². The van der Waals surface area contributed by atoms with Crippen LogP contribution in [0, 0.1) is 5.82 Å². The number of hydrogen-bond acceptors (Lipinski definition) is 2. The second-order valence-corrected chi connectivity index (χ2v) is 4.02. The van der Waals surface area contributed by atoms with Gasteiger partial charge in [0.1, 0.15) is 5.82 Å². The van der Waals surface area contributed by atoms with E-state index < -0.39 is 0 Å². The summed E-state index contributed by atoms with van der Waals surface area (Å²) in [4.78, 5) is 0. The highest BCUT2D eigenvalue weighted by molar-refractivity contribution is 9.10. The van der Waals surface area contributed by atoms with E-state index in [-0.39, 0.29) is 11.9 Å². The van der Waals surface area contributed by atoms with E-state index >= 15 is 0 Å². The van der Waals surface area contributed by atoms with Gasteiger partial charge >= 0.3 is 0 Å². The van der Waals surface area contributed by atoms with Crippen LogP contribution in [0.5, 0.6) is 0 Å². The van der Waals surface area contributed by atoms with E-state index in [2.05, 4.69) is 21.2 Å². The SMILES string of the molecule is CCOCC(NC)c1cc(F)ccc1Br. The van der Waals surface area contributed by atoms with Crippen molar-refractivity contribution in [2.75, 3.05) is 20.3 Å². The molecular weight excluding hydrogens is 261 g/mol.